The quantitative estimate of drug-likeness (QED) is 0.578. The number of pyridine rings is 2. The second kappa shape index (κ2) is 7.55. The Kier molecular flexibility index (Phi) is 4.80. The highest BCUT2D eigenvalue weighted by atomic mass is 35.5. The molecule has 134 valence electrons. The van der Waals surface area contributed by atoms with Gasteiger partial charge in [-0.05, 0) is 48.4 Å². The Morgan fingerprint density at radius 2 is 1.93 bits per heavy atom. The summed E-state index contributed by atoms with van der Waals surface area (Å²) in [5.74, 6) is 0.505. The molecular weight excluding hydrogens is 362 g/mol. The predicted octanol–water partition coefficient (Wildman–Crippen LogP) is 3.42. The standard InChI is InChI=1S/C20H16ClN5O/c21-17-6-3-14(4-7-17)9-11-23-20(27)16-5-8-18-24-25-19(26(18)13-16)15-2-1-10-22-12-15/h1-8,10,12-13H,9,11H2,(H,23,27). The van der Waals surface area contributed by atoms with Crippen LogP contribution in [-0.4, -0.2) is 32.0 Å². The van der Waals surface area contributed by atoms with Crippen LogP contribution >= 0.6 is 11.6 Å². The first-order chi connectivity index (χ1) is 13.2. The lowest BCUT2D eigenvalue weighted by molar-refractivity contribution is 0.0953. The van der Waals surface area contributed by atoms with Gasteiger partial charge in [-0.3, -0.25) is 14.2 Å². The summed E-state index contributed by atoms with van der Waals surface area (Å²) in [6.45, 7) is 0.538. The number of nitrogens with one attached hydrogen (secondary N) is 1. The number of hydrogen-bond acceptors (Lipinski definition) is 4. The first-order valence-corrected chi connectivity index (χ1v) is 8.86. The summed E-state index contributed by atoms with van der Waals surface area (Å²) < 4.78 is 1.80. The van der Waals surface area contributed by atoms with E-state index in [1.165, 1.54) is 0 Å². The molecular formula is C20H16ClN5O. The van der Waals surface area contributed by atoms with Crippen molar-refractivity contribution in [2.45, 2.75) is 6.42 Å². The maximum absolute atomic E-state index is 12.5. The smallest absolute Gasteiger partial charge is 0.252 e. The summed E-state index contributed by atoms with van der Waals surface area (Å²) in [6, 6.07) is 14.9. The van der Waals surface area contributed by atoms with E-state index in [-0.39, 0.29) is 5.91 Å². The monoisotopic (exact) mass is 377 g/mol. The zero-order chi connectivity index (χ0) is 18.6. The molecule has 1 N–H and O–H groups in total. The van der Waals surface area contributed by atoms with Gasteiger partial charge in [-0.25, -0.2) is 0 Å². The van der Waals surface area contributed by atoms with E-state index in [0.29, 0.717) is 28.6 Å². The highest BCUT2D eigenvalue weighted by molar-refractivity contribution is 6.30. The van der Waals surface area contributed by atoms with E-state index in [0.717, 1.165) is 17.5 Å². The number of rotatable bonds is 5. The molecule has 27 heavy (non-hydrogen) atoms. The van der Waals surface area contributed by atoms with Gasteiger partial charge in [0, 0.05) is 35.7 Å². The van der Waals surface area contributed by atoms with Gasteiger partial charge in [0.1, 0.15) is 0 Å². The van der Waals surface area contributed by atoms with Crippen molar-refractivity contribution < 1.29 is 4.79 Å². The van der Waals surface area contributed by atoms with Crippen LogP contribution in [0.15, 0.2) is 67.1 Å². The molecule has 6 nitrogen and oxygen atoms in total. The Bertz CT molecular complexity index is 1080. The number of nitrogens with zero attached hydrogens (tertiary/aromatic N) is 4. The van der Waals surface area contributed by atoms with Crippen molar-refractivity contribution in [2.75, 3.05) is 6.54 Å². The molecule has 0 aliphatic carbocycles. The largest absolute Gasteiger partial charge is 0.352 e. The summed E-state index contributed by atoms with van der Waals surface area (Å²) in [4.78, 5) is 16.6. The molecule has 4 rings (SSSR count). The highest BCUT2D eigenvalue weighted by Gasteiger charge is 2.11. The maximum Gasteiger partial charge on any atom is 0.252 e. The van der Waals surface area contributed by atoms with Crippen molar-refractivity contribution in [1.29, 1.82) is 0 Å². The first-order valence-electron chi connectivity index (χ1n) is 8.48. The number of amides is 1. The molecule has 0 aliphatic heterocycles. The third-order valence-corrected chi connectivity index (χ3v) is 4.45. The molecule has 0 unspecified atom stereocenters. The van der Waals surface area contributed by atoms with Crippen molar-refractivity contribution in [3.8, 4) is 11.4 Å². The number of aromatic nitrogens is 4. The summed E-state index contributed by atoms with van der Waals surface area (Å²) in [6.07, 6.45) is 5.90. The molecule has 0 saturated carbocycles. The average molecular weight is 378 g/mol. The third-order valence-electron chi connectivity index (χ3n) is 4.20. The molecule has 0 fully saturated rings. The van der Waals surface area contributed by atoms with Gasteiger partial charge in [-0.15, -0.1) is 10.2 Å². The van der Waals surface area contributed by atoms with E-state index in [1.54, 1.807) is 35.1 Å². The van der Waals surface area contributed by atoms with Gasteiger partial charge < -0.3 is 5.32 Å². The van der Waals surface area contributed by atoms with Crippen LogP contribution in [-0.2, 0) is 6.42 Å². The fraction of sp³-hybridized carbons (Fsp3) is 0.100. The zero-order valence-electron chi connectivity index (χ0n) is 14.3. The van der Waals surface area contributed by atoms with Crippen LogP contribution in [0.5, 0.6) is 0 Å². The van der Waals surface area contributed by atoms with Crippen LogP contribution in [0, 0.1) is 0 Å². The molecule has 0 radical (unpaired) electrons. The minimum atomic E-state index is -0.142. The van der Waals surface area contributed by atoms with E-state index in [4.69, 9.17) is 11.6 Å². The zero-order valence-corrected chi connectivity index (χ0v) is 15.1. The van der Waals surface area contributed by atoms with Crippen molar-refractivity contribution in [1.82, 2.24) is 24.9 Å². The molecule has 4 aromatic rings. The lowest BCUT2D eigenvalue weighted by Gasteiger charge is -2.07. The Labute approximate surface area is 160 Å². The van der Waals surface area contributed by atoms with Crippen LogP contribution in [0.25, 0.3) is 17.0 Å². The van der Waals surface area contributed by atoms with E-state index in [2.05, 4.69) is 20.5 Å². The number of benzene rings is 1. The van der Waals surface area contributed by atoms with E-state index in [9.17, 15) is 4.79 Å². The van der Waals surface area contributed by atoms with E-state index < -0.39 is 0 Å². The number of carbonyl (C=O) groups is 1. The normalized spacial score (nSPS) is 10.9. The number of halogens is 1. The van der Waals surface area contributed by atoms with Crippen LogP contribution < -0.4 is 5.32 Å². The van der Waals surface area contributed by atoms with Gasteiger partial charge >= 0.3 is 0 Å². The Morgan fingerprint density at radius 3 is 2.70 bits per heavy atom. The summed E-state index contributed by atoms with van der Waals surface area (Å²) in [5.41, 5.74) is 3.17. The van der Waals surface area contributed by atoms with Crippen LogP contribution in [0.1, 0.15) is 15.9 Å². The third kappa shape index (κ3) is 3.80. The molecule has 1 aromatic carbocycles. The molecule has 0 saturated heterocycles. The minimum absolute atomic E-state index is 0.142. The van der Waals surface area contributed by atoms with Gasteiger partial charge in [-0.2, -0.15) is 0 Å². The van der Waals surface area contributed by atoms with Crippen LogP contribution in [0.4, 0.5) is 0 Å². The summed E-state index contributed by atoms with van der Waals surface area (Å²) in [5, 5.41) is 12.0. The van der Waals surface area contributed by atoms with Crippen molar-refractivity contribution >= 4 is 23.2 Å². The summed E-state index contributed by atoms with van der Waals surface area (Å²) in [7, 11) is 0. The van der Waals surface area contributed by atoms with Crippen LogP contribution in [0.2, 0.25) is 5.02 Å². The molecule has 0 bridgehead atoms. The number of hydrogen-bond donors (Lipinski definition) is 1. The number of fused-ring (bicyclic) bond motifs is 1. The molecule has 0 aliphatic rings. The van der Waals surface area contributed by atoms with Gasteiger partial charge in [0.15, 0.2) is 11.5 Å². The highest BCUT2D eigenvalue weighted by Crippen LogP contribution is 2.17. The SMILES string of the molecule is O=C(NCCc1ccc(Cl)cc1)c1ccc2nnc(-c3cccnc3)n2c1. The Morgan fingerprint density at radius 1 is 1.07 bits per heavy atom. The van der Waals surface area contributed by atoms with Crippen molar-refractivity contribution in [3.63, 3.8) is 0 Å². The van der Waals surface area contributed by atoms with Gasteiger partial charge in [0.25, 0.3) is 5.91 Å². The first kappa shape index (κ1) is 17.2. The fourth-order valence-electron chi connectivity index (χ4n) is 2.79. The maximum atomic E-state index is 12.5. The van der Waals surface area contributed by atoms with Crippen LogP contribution in [0.3, 0.4) is 0 Å². The molecule has 1 amide bonds. The Balaban J connectivity index is 1.49. The molecule has 0 spiro atoms. The van der Waals surface area contributed by atoms with E-state index in [1.807, 2.05) is 36.4 Å². The van der Waals surface area contributed by atoms with Gasteiger partial charge in [0.2, 0.25) is 0 Å². The number of carbonyl (C=O) groups excluding carboxylic acids is 1. The minimum Gasteiger partial charge on any atom is -0.352 e. The van der Waals surface area contributed by atoms with Gasteiger partial charge in [0.05, 0.1) is 5.56 Å². The Hall–Kier alpha value is -3.25. The van der Waals surface area contributed by atoms with Crippen molar-refractivity contribution in [3.05, 3.63) is 83.3 Å². The molecule has 7 heteroatoms. The van der Waals surface area contributed by atoms with E-state index >= 15 is 0 Å². The lowest BCUT2D eigenvalue weighted by atomic mass is 10.1. The lowest BCUT2D eigenvalue weighted by Crippen LogP contribution is -2.25. The summed E-state index contributed by atoms with van der Waals surface area (Å²) >= 11 is 5.89. The van der Waals surface area contributed by atoms with Gasteiger partial charge in [-0.1, -0.05) is 23.7 Å². The fourth-order valence-corrected chi connectivity index (χ4v) is 2.92. The second-order valence-corrected chi connectivity index (χ2v) is 6.48. The predicted molar refractivity (Wildman–Crippen MR) is 104 cm³/mol. The molecule has 3 heterocycles. The van der Waals surface area contributed by atoms with Crippen molar-refractivity contribution in [2.24, 2.45) is 0 Å². The topological polar surface area (TPSA) is 72.2 Å². The average Bonchev–Trinajstić information content (AvgIpc) is 3.13. The second-order valence-electron chi connectivity index (χ2n) is 6.04. The molecule has 3 aromatic heterocycles. The molecule has 0 atom stereocenters.